The summed E-state index contributed by atoms with van der Waals surface area (Å²) in [5.41, 5.74) is 2.04. The van der Waals surface area contributed by atoms with E-state index in [0.717, 1.165) is 11.5 Å². The van der Waals surface area contributed by atoms with E-state index in [0.29, 0.717) is 12.6 Å². The molecule has 2 rings (SSSR count). The summed E-state index contributed by atoms with van der Waals surface area (Å²) in [5.74, 6) is 1.15. The second-order valence-electron chi connectivity index (χ2n) is 6.29. The number of hydrogen-bond donors (Lipinski definition) is 0. The summed E-state index contributed by atoms with van der Waals surface area (Å²) in [6, 6.07) is 8.51. The third-order valence-electron chi connectivity index (χ3n) is 4.78. The van der Waals surface area contributed by atoms with Crippen LogP contribution in [0, 0.1) is 12.8 Å². The Labute approximate surface area is 123 Å². The Morgan fingerprint density at radius 1 is 1.15 bits per heavy atom. The largest absolute Gasteiger partial charge is 0.296 e. The van der Waals surface area contributed by atoms with Crippen LogP contribution < -0.4 is 0 Å². The zero-order chi connectivity index (χ0) is 14.5. The van der Waals surface area contributed by atoms with Crippen molar-refractivity contribution in [1.29, 1.82) is 0 Å². The lowest BCUT2D eigenvalue weighted by Gasteiger charge is -2.34. The van der Waals surface area contributed by atoms with E-state index in [4.69, 9.17) is 0 Å². The van der Waals surface area contributed by atoms with E-state index in [1.54, 1.807) is 0 Å². The van der Waals surface area contributed by atoms with Gasteiger partial charge in [-0.1, -0.05) is 43.2 Å². The molecule has 0 radical (unpaired) electrons. The van der Waals surface area contributed by atoms with Crippen LogP contribution in [0.3, 0.4) is 0 Å². The topological polar surface area (TPSA) is 20.3 Å². The number of benzene rings is 1. The van der Waals surface area contributed by atoms with Crippen molar-refractivity contribution in [2.24, 2.45) is 5.92 Å². The molecule has 0 heterocycles. The van der Waals surface area contributed by atoms with Gasteiger partial charge in [-0.15, -0.1) is 0 Å². The Morgan fingerprint density at radius 2 is 1.75 bits per heavy atom. The molecule has 1 aliphatic carbocycles. The number of aryl methyl sites for hydroxylation is 1. The first-order valence-electron chi connectivity index (χ1n) is 7.90. The Kier molecular flexibility index (Phi) is 5.36. The van der Waals surface area contributed by atoms with Crippen molar-refractivity contribution in [2.75, 3.05) is 13.6 Å². The van der Waals surface area contributed by atoms with Gasteiger partial charge in [-0.2, -0.15) is 0 Å². The molecular weight excluding hydrogens is 246 g/mol. The van der Waals surface area contributed by atoms with Gasteiger partial charge in [0.25, 0.3) is 0 Å². The standard InChI is InChI=1S/C18H27NO/c1-4-15-7-11-17(12-8-15)19(3)13-18(20)16-9-5-14(2)6-10-16/h5-6,9-10,15,17H,4,7-8,11-13H2,1-3H3. The molecule has 1 aromatic rings. The predicted octanol–water partition coefficient (Wildman–Crippen LogP) is 4.08. The van der Waals surface area contributed by atoms with Crippen LogP contribution in [0.15, 0.2) is 24.3 Å². The molecule has 0 unspecified atom stereocenters. The van der Waals surface area contributed by atoms with Gasteiger partial charge in [-0.25, -0.2) is 0 Å². The molecule has 2 nitrogen and oxygen atoms in total. The van der Waals surface area contributed by atoms with Crippen molar-refractivity contribution in [3.63, 3.8) is 0 Å². The molecule has 0 aliphatic heterocycles. The van der Waals surface area contributed by atoms with E-state index in [1.807, 2.05) is 31.2 Å². The van der Waals surface area contributed by atoms with Gasteiger partial charge in [0.05, 0.1) is 6.54 Å². The molecule has 0 amide bonds. The maximum atomic E-state index is 12.3. The molecule has 0 atom stereocenters. The molecule has 2 heteroatoms. The molecule has 0 spiro atoms. The quantitative estimate of drug-likeness (QED) is 0.753. The fraction of sp³-hybridized carbons (Fsp3) is 0.611. The lowest BCUT2D eigenvalue weighted by Crippen LogP contribution is -2.38. The molecular formula is C18H27NO. The lowest BCUT2D eigenvalue weighted by molar-refractivity contribution is 0.0885. The van der Waals surface area contributed by atoms with Gasteiger partial charge in [0.15, 0.2) is 5.78 Å². The van der Waals surface area contributed by atoms with Crippen LogP contribution in [-0.4, -0.2) is 30.3 Å². The summed E-state index contributed by atoms with van der Waals surface area (Å²) >= 11 is 0. The summed E-state index contributed by atoms with van der Waals surface area (Å²) in [6.45, 7) is 4.88. The summed E-state index contributed by atoms with van der Waals surface area (Å²) in [4.78, 5) is 14.5. The molecule has 0 aromatic heterocycles. The number of nitrogens with zero attached hydrogens (tertiary/aromatic N) is 1. The SMILES string of the molecule is CCC1CCC(N(C)CC(=O)c2ccc(C)cc2)CC1. The van der Waals surface area contributed by atoms with Gasteiger partial charge in [-0.05, 0) is 45.6 Å². The smallest absolute Gasteiger partial charge is 0.176 e. The summed E-state index contributed by atoms with van der Waals surface area (Å²) in [5, 5.41) is 0. The van der Waals surface area contributed by atoms with Crippen molar-refractivity contribution in [2.45, 2.75) is 52.0 Å². The first kappa shape index (κ1) is 15.2. The fourth-order valence-corrected chi connectivity index (χ4v) is 3.18. The molecule has 1 aliphatic rings. The van der Waals surface area contributed by atoms with Gasteiger partial charge in [0.1, 0.15) is 0 Å². The molecule has 0 bridgehead atoms. The normalized spacial score (nSPS) is 23.0. The van der Waals surface area contributed by atoms with Crippen molar-refractivity contribution in [3.8, 4) is 0 Å². The van der Waals surface area contributed by atoms with E-state index >= 15 is 0 Å². The molecule has 1 saturated carbocycles. The van der Waals surface area contributed by atoms with Gasteiger partial charge in [-0.3, -0.25) is 9.69 Å². The van der Waals surface area contributed by atoms with Crippen LogP contribution in [0.1, 0.15) is 54.9 Å². The Hall–Kier alpha value is -1.15. The van der Waals surface area contributed by atoms with Crippen LogP contribution in [-0.2, 0) is 0 Å². The van der Waals surface area contributed by atoms with Crippen LogP contribution in [0.25, 0.3) is 0 Å². The number of carbonyl (C=O) groups is 1. The zero-order valence-corrected chi connectivity index (χ0v) is 13.1. The molecule has 110 valence electrons. The van der Waals surface area contributed by atoms with E-state index in [-0.39, 0.29) is 5.78 Å². The number of carbonyl (C=O) groups excluding carboxylic acids is 1. The number of ketones is 1. The number of likely N-dealkylation sites (N-methyl/N-ethyl adjacent to an activating group) is 1. The van der Waals surface area contributed by atoms with Crippen LogP contribution in [0.5, 0.6) is 0 Å². The monoisotopic (exact) mass is 273 g/mol. The zero-order valence-electron chi connectivity index (χ0n) is 13.1. The molecule has 1 aromatic carbocycles. The van der Waals surface area contributed by atoms with E-state index in [1.165, 1.54) is 37.7 Å². The van der Waals surface area contributed by atoms with Crippen molar-refractivity contribution in [1.82, 2.24) is 4.90 Å². The highest BCUT2D eigenvalue weighted by atomic mass is 16.1. The van der Waals surface area contributed by atoms with Crippen LogP contribution >= 0.6 is 0 Å². The lowest BCUT2D eigenvalue weighted by atomic mass is 9.84. The first-order valence-corrected chi connectivity index (χ1v) is 7.90. The average molecular weight is 273 g/mol. The minimum absolute atomic E-state index is 0.241. The molecule has 0 N–H and O–H groups in total. The summed E-state index contributed by atoms with van der Waals surface area (Å²) in [7, 11) is 2.10. The van der Waals surface area contributed by atoms with E-state index in [9.17, 15) is 4.79 Å². The second kappa shape index (κ2) is 7.03. The third-order valence-corrected chi connectivity index (χ3v) is 4.78. The highest BCUT2D eigenvalue weighted by molar-refractivity contribution is 5.97. The van der Waals surface area contributed by atoms with Crippen LogP contribution in [0.2, 0.25) is 0 Å². The molecule has 0 saturated heterocycles. The van der Waals surface area contributed by atoms with Crippen LogP contribution in [0.4, 0.5) is 0 Å². The second-order valence-corrected chi connectivity index (χ2v) is 6.29. The highest BCUT2D eigenvalue weighted by Gasteiger charge is 2.24. The minimum atomic E-state index is 0.241. The van der Waals surface area contributed by atoms with E-state index < -0.39 is 0 Å². The Bertz CT molecular complexity index is 429. The number of Topliss-reactive ketones (excluding diaryl/α,β-unsaturated/α-hetero) is 1. The third kappa shape index (κ3) is 3.92. The minimum Gasteiger partial charge on any atom is -0.296 e. The van der Waals surface area contributed by atoms with Gasteiger partial charge < -0.3 is 0 Å². The summed E-state index contributed by atoms with van der Waals surface area (Å²) < 4.78 is 0. The van der Waals surface area contributed by atoms with E-state index in [2.05, 4.69) is 18.9 Å². The number of hydrogen-bond acceptors (Lipinski definition) is 2. The van der Waals surface area contributed by atoms with Crippen molar-refractivity contribution in [3.05, 3.63) is 35.4 Å². The van der Waals surface area contributed by atoms with Gasteiger partial charge in [0, 0.05) is 11.6 Å². The fourth-order valence-electron chi connectivity index (χ4n) is 3.18. The average Bonchev–Trinajstić information content (AvgIpc) is 2.48. The Balaban J connectivity index is 1.86. The maximum Gasteiger partial charge on any atom is 0.176 e. The number of rotatable bonds is 5. The van der Waals surface area contributed by atoms with Gasteiger partial charge >= 0.3 is 0 Å². The maximum absolute atomic E-state index is 12.3. The summed E-state index contributed by atoms with van der Waals surface area (Å²) in [6.07, 6.45) is 6.44. The molecule has 1 fully saturated rings. The van der Waals surface area contributed by atoms with Crippen molar-refractivity contribution >= 4 is 5.78 Å². The predicted molar refractivity (Wildman–Crippen MR) is 84.2 cm³/mol. The Morgan fingerprint density at radius 3 is 2.30 bits per heavy atom. The van der Waals surface area contributed by atoms with Crippen molar-refractivity contribution < 1.29 is 4.79 Å². The highest BCUT2D eigenvalue weighted by Crippen LogP contribution is 2.28. The molecule has 20 heavy (non-hydrogen) atoms. The van der Waals surface area contributed by atoms with Gasteiger partial charge in [0.2, 0.25) is 0 Å². The first-order chi connectivity index (χ1) is 9.60.